The van der Waals surface area contributed by atoms with E-state index in [4.69, 9.17) is 0 Å². The zero-order valence-electron chi connectivity index (χ0n) is 8.50. The van der Waals surface area contributed by atoms with E-state index in [9.17, 15) is 9.18 Å². The third-order valence-electron chi connectivity index (χ3n) is 2.79. The molecule has 1 N–H and O–H groups in total. The topological polar surface area (TPSA) is 29.1 Å². The summed E-state index contributed by atoms with van der Waals surface area (Å²) in [6.45, 7) is 0.790. The molecule has 1 aliphatic heterocycles. The molecule has 1 heterocycles. The van der Waals surface area contributed by atoms with Crippen LogP contribution in [0.3, 0.4) is 0 Å². The molecule has 1 amide bonds. The predicted molar refractivity (Wildman–Crippen MR) is 55.8 cm³/mol. The zero-order chi connectivity index (χ0) is 10.7. The maximum atomic E-state index is 12.7. The lowest BCUT2D eigenvalue weighted by molar-refractivity contribution is -0.126. The number of halogens is 1. The number of amides is 1. The molecule has 1 aliphatic rings. The molecule has 0 saturated carbocycles. The molecule has 1 aromatic carbocycles. The van der Waals surface area contributed by atoms with Gasteiger partial charge < -0.3 is 5.32 Å². The zero-order valence-corrected chi connectivity index (χ0v) is 8.50. The number of piperidine rings is 1. The van der Waals surface area contributed by atoms with Crippen LogP contribution in [-0.2, 0) is 11.2 Å². The van der Waals surface area contributed by atoms with Crippen molar-refractivity contribution in [3.63, 3.8) is 0 Å². The Morgan fingerprint density at radius 1 is 1.33 bits per heavy atom. The lowest BCUT2D eigenvalue weighted by Crippen LogP contribution is -2.37. The molecule has 0 bridgehead atoms. The van der Waals surface area contributed by atoms with Crippen LogP contribution in [0.15, 0.2) is 24.3 Å². The second-order valence-electron chi connectivity index (χ2n) is 3.96. The molecule has 1 aromatic rings. The minimum atomic E-state index is -0.230. The van der Waals surface area contributed by atoms with Crippen molar-refractivity contribution in [2.45, 2.75) is 19.3 Å². The standard InChI is InChI=1S/C12H14FNO/c13-11-5-3-9(4-6-11)8-10-2-1-7-14-12(10)15/h3-6,10H,1-2,7-8H2,(H,14,15)/t10-/m1/s1. The fourth-order valence-electron chi connectivity index (χ4n) is 1.94. The van der Waals surface area contributed by atoms with Gasteiger partial charge in [0.25, 0.3) is 0 Å². The Kier molecular flexibility index (Phi) is 2.99. The van der Waals surface area contributed by atoms with Gasteiger partial charge in [-0.25, -0.2) is 4.39 Å². The molecule has 1 atom stereocenters. The summed E-state index contributed by atoms with van der Waals surface area (Å²) in [6, 6.07) is 6.38. The Hall–Kier alpha value is -1.38. The summed E-state index contributed by atoms with van der Waals surface area (Å²) in [4.78, 5) is 11.5. The average molecular weight is 207 g/mol. The molecule has 1 fully saturated rings. The highest BCUT2D eigenvalue weighted by Crippen LogP contribution is 2.17. The molecule has 3 heteroatoms. The van der Waals surface area contributed by atoms with Crippen LogP contribution in [0.2, 0.25) is 0 Å². The van der Waals surface area contributed by atoms with Gasteiger partial charge in [0.1, 0.15) is 5.82 Å². The van der Waals surface area contributed by atoms with Crippen molar-refractivity contribution in [2.24, 2.45) is 5.92 Å². The molecule has 0 spiro atoms. The van der Waals surface area contributed by atoms with E-state index in [0.717, 1.165) is 24.9 Å². The number of hydrogen-bond donors (Lipinski definition) is 1. The van der Waals surface area contributed by atoms with Crippen molar-refractivity contribution >= 4 is 5.91 Å². The fraction of sp³-hybridized carbons (Fsp3) is 0.417. The SMILES string of the molecule is O=C1NCCC[C@@H]1Cc1ccc(F)cc1. The van der Waals surface area contributed by atoms with Crippen molar-refractivity contribution in [3.8, 4) is 0 Å². The summed E-state index contributed by atoms with van der Waals surface area (Å²) in [5.74, 6) is -0.0402. The first kappa shape index (κ1) is 10.1. The molecule has 2 nitrogen and oxygen atoms in total. The van der Waals surface area contributed by atoms with Gasteiger partial charge in [-0.15, -0.1) is 0 Å². The van der Waals surface area contributed by atoms with Crippen molar-refractivity contribution in [3.05, 3.63) is 35.6 Å². The van der Waals surface area contributed by atoms with Gasteiger partial charge in [-0.3, -0.25) is 4.79 Å². The molecule has 80 valence electrons. The van der Waals surface area contributed by atoms with E-state index in [1.165, 1.54) is 12.1 Å². The third kappa shape index (κ3) is 2.55. The minimum absolute atomic E-state index is 0.0595. The maximum Gasteiger partial charge on any atom is 0.223 e. The first-order valence-electron chi connectivity index (χ1n) is 5.28. The third-order valence-corrected chi connectivity index (χ3v) is 2.79. The van der Waals surface area contributed by atoms with Crippen LogP contribution in [0.5, 0.6) is 0 Å². The van der Waals surface area contributed by atoms with Crippen LogP contribution in [0, 0.1) is 11.7 Å². The fourth-order valence-corrected chi connectivity index (χ4v) is 1.94. The summed E-state index contributed by atoms with van der Waals surface area (Å²) in [5.41, 5.74) is 1.03. The van der Waals surface area contributed by atoms with Crippen LogP contribution in [-0.4, -0.2) is 12.5 Å². The number of nitrogens with one attached hydrogen (secondary N) is 1. The van der Waals surface area contributed by atoms with Crippen molar-refractivity contribution in [1.29, 1.82) is 0 Å². The van der Waals surface area contributed by atoms with E-state index in [0.29, 0.717) is 6.42 Å². The Labute approximate surface area is 88.5 Å². The number of benzene rings is 1. The van der Waals surface area contributed by atoms with E-state index in [-0.39, 0.29) is 17.6 Å². The van der Waals surface area contributed by atoms with Crippen LogP contribution < -0.4 is 5.32 Å². The average Bonchev–Trinajstić information content (AvgIpc) is 2.25. The quantitative estimate of drug-likeness (QED) is 0.788. The van der Waals surface area contributed by atoms with Crippen molar-refractivity contribution in [2.75, 3.05) is 6.54 Å². The van der Waals surface area contributed by atoms with E-state index in [1.807, 2.05) is 0 Å². The number of hydrogen-bond acceptors (Lipinski definition) is 1. The molecule has 0 unspecified atom stereocenters. The summed E-state index contributed by atoms with van der Waals surface area (Å²) in [6.07, 6.45) is 2.69. The summed E-state index contributed by atoms with van der Waals surface area (Å²) < 4.78 is 12.7. The molecular formula is C12H14FNO. The van der Waals surface area contributed by atoms with Gasteiger partial charge in [-0.05, 0) is 37.0 Å². The molecule has 2 rings (SSSR count). The van der Waals surface area contributed by atoms with Crippen LogP contribution in [0.4, 0.5) is 4.39 Å². The lowest BCUT2D eigenvalue weighted by atomic mass is 9.91. The summed E-state index contributed by atoms with van der Waals surface area (Å²) >= 11 is 0. The Morgan fingerprint density at radius 3 is 2.73 bits per heavy atom. The number of carbonyl (C=O) groups excluding carboxylic acids is 1. The molecular weight excluding hydrogens is 193 g/mol. The largest absolute Gasteiger partial charge is 0.356 e. The van der Waals surface area contributed by atoms with Crippen LogP contribution in [0.25, 0.3) is 0 Å². The van der Waals surface area contributed by atoms with E-state index < -0.39 is 0 Å². The van der Waals surface area contributed by atoms with Crippen LogP contribution >= 0.6 is 0 Å². The van der Waals surface area contributed by atoms with Gasteiger partial charge in [0.05, 0.1) is 0 Å². The lowest BCUT2D eigenvalue weighted by Gasteiger charge is -2.21. The van der Waals surface area contributed by atoms with E-state index in [2.05, 4.69) is 5.32 Å². The first-order chi connectivity index (χ1) is 7.25. The summed E-state index contributed by atoms with van der Waals surface area (Å²) in [7, 11) is 0. The molecule has 0 aromatic heterocycles. The normalized spacial score (nSPS) is 21.1. The molecule has 0 aliphatic carbocycles. The van der Waals surface area contributed by atoms with Gasteiger partial charge in [0.15, 0.2) is 0 Å². The summed E-state index contributed by atoms with van der Waals surface area (Å²) in [5, 5.41) is 2.85. The Balaban J connectivity index is 2.01. The van der Waals surface area contributed by atoms with Crippen LogP contribution in [0.1, 0.15) is 18.4 Å². The van der Waals surface area contributed by atoms with Crippen molar-refractivity contribution in [1.82, 2.24) is 5.32 Å². The molecule has 1 saturated heterocycles. The van der Waals surface area contributed by atoms with Gasteiger partial charge >= 0.3 is 0 Å². The van der Waals surface area contributed by atoms with Gasteiger partial charge in [-0.2, -0.15) is 0 Å². The Morgan fingerprint density at radius 2 is 2.07 bits per heavy atom. The predicted octanol–water partition coefficient (Wildman–Crippen LogP) is 1.89. The highest BCUT2D eigenvalue weighted by molar-refractivity contribution is 5.79. The number of carbonyl (C=O) groups is 1. The molecule has 0 radical (unpaired) electrons. The van der Waals surface area contributed by atoms with E-state index >= 15 is 0 Å². The van der Waals surface area contributed by atoms with Gasteiger partial charge in [0.2, 0.25) is 5.91 Å². The monoisotopic (exact) mass is 207 g/mol. The molecule has 15 heavy (non-hydrogen) atoms. The van der Waals surface area contributed by atoms with Crippen molar-refractivity contribution < 1.29 is 9.18 Å². The Bertz CT molecular complexity index is 347. The second-order valence-corrected chi connectivity index (χ2v) is 3.96. The maximum absolute atomic E-state index is 12.7. The first-order valence-corrected chi connectivity index (χ1v) is 5.28. The van der Waals surface area contributed by atoms with E-state index in [1.54, 1.807) is 12.1 Å². The highest BCUT2D eigenvalue weighted by atomic mass is 19.1. The number of rotatable bonds is 2. The minimum Gasteiger partial charge on any atom is -0.356 e. The van der Waals surface area contributed by atoms with Gasteiger partial charge in [0, 0.05) is 12.5 Å². The second kappa shape index (κ2) is 4.43. The van der Waals surface area contributed by atoms with Gasteiger partial charge in [-0.1, -0.05) is 12.1 Å². The highest BCUT2D eigenvalue weighted by Gasteiger charge is 2.21. The smallest absolute Gasteiger partial charge is 0.223 e.